The van der Waals surface area contributed by atoms with Crippen molar-refractivity contribution in [1.29, 1.82) is 0 Å². The van der Waals surface area contributed by atoms with Crippen molar-refractivity contribution in [3.8, 4) is 5.95 Å². The number of aromatic nitrogens is 1. The van der Waals surface area contributed by atoms with Gasteiger partial charge in [-0.05, 0) is 43.0 Å². The molecule has 5 heterocycles. The predicted octanol–water partition coefficient (Wildman–Crippen LogP) is 3.28. The van der Waals surface area contributed by atoms with E-state index in [4.69, 9.17) is 9.15 Å². The summed E-state index contributed by atoms with van der Waals surface area (Å²) in [5, 5.41) is 5.33. The number of amides is 2. The highest BCUT2D eigenvalue weighted by Gasteiger charge is 2.54. The number of ether oxygens (including phenoxy) is 1. The van der Waals surface area contributed by atoms with Crippen molar-refractivity contribution < 1.29 is 32.0 Å². The molecule has 13 heteroatoms. The first kappa shape index (κ1) is 28.1. The number of thiophene rings is 1. The quantitative estimate of drug-likeness (QED) is 0.322. The molecule has 3 aromatic heterocycles. The van der Waals surface area contributed by atoms with Gasteiger partial charge >= 0.3 is 6.09 Å². The smallest absolute Gasteiger partial charge is 0.415 e. The number of carbonyl (C=O) groups is 3. The molecule has 42 heavy (non-hydrogen) atoms. The molecule has 11 nitrogen and oxygen atoms in total. The van der Waals surface area contributed by atoms with Gasteiger partial charge in [0, 0.05) is 35.0 Å². The van der Waals surface area contributed by atoms with Gasteiger partial charge in [-0.25, -0.2) is 13.2 Å². The van der Waals surface area contributed by atoms with Crippen molar-refractivity contribution in [3.05, 3.63) is 82.3 Å². The average molecular weight is 609 g/mol. The minimum absolute atomic E-state index is 0.0250. The number of para-hydroxylation sites is 1. The molecule has 0 bridgehead atoms. The van der Waals surface area contributed by atoms with Crippen LogP contribution in [0.15, 0.2) is 70.6 Å². The number of Topliss-reactive ketones (excluding diaryl/α,β-unsaturated/α-hetero) is 1. The van der Waals surface area contributed by atoms with Crippen LogP contribution in [0.2, 0.25) is 0 Å². The van der Waals surface area contributed by atoms with Crippen LogP contribution in [0.3, 0.4) is 0 Å². The van der Waals surface area contributed by atoms with Crippen LogP contribution >= 0.6 is 11.3 Å². The number of aryl methyl sites for hydroxylation is 1. The molecule has 3 unspecified atom stereocenters. The van der Waals surface area contributed by atoms with Crippen LogP contribution in [-0.2, 0) is 31.8 Å². The first-order valence-corrected chi connectivity index (χ1v) is 15.9. The first-order chi connectivity index (χ1) is 20.2. The number of hydrogen-bond donors (Lipinski definition) is 1. The molecule has 0 saturated carbocycles. The Kier molecular flexibility index (Phi) is 7.56. The molecule has 2 aliphatic rings. The van der Waals surface area contributed by atoms with Crippen molar-refractivity contribution in [1.82, 2.24) is 19.5 Å². The van der Waals surface area contributed by atoms with Gasteiger partial charge in [0.1, 0.15) is 23.4 Å². The normalized spacial score (nSPS) is 19.6. The number of benzene rings is 1. The number of furan rings is 1. The number of nitrogens with zero attached hydrogens (tertiary/aromatic N) is 3. The topological polar surface area (TPSA) is 139 Å². The number of pyridine rings is 1. The SMILES string of the molecule is Cc1c(OC(=O)NC(Cc2cccs2)C(=O)N2CCC3C2C(=O)CN3S(=O)(=O)Cc2ccccn2)oc2ccccc12. The first-order valence-electron chi connectivity index (χ1n) is 13.4. The van der Waals surface area contributed by atoms with Crippen LogP contribution in [0, 0.1) is 6.92 Å². The lowest BCUT2D eigenvalue weighted by Gasteiger charge is -2.28. The van der Waals surface area contributed by atoms with E-state index >= 15 is 0 Å². The molecule has 2 saturated heterocycles. The van der Waals surface area contributed by atoms with Gasteiger partial charge in [0.05, 0.1) is 18.3 Å². The Morgan fingerprint density at radius 2 is 1.98 bits per heavy atom. The van der Waals surface area contributed by atoms with E-state index < -0.39 is 40.1 Å². The lowest BCUT2D eigenvalue weighted by Crippen LogP contribution is -2.53. The molecule has 0 spiro atoms. The van der Waals surface area contributed by atoms with E-state index in [1.165, 1.54) is 26.7 Å². The van der Waals surface area contributed by atoms with Crippen LogP contribution in [0.25, 0.3) is 11.0 Å². The van der Waals surface area contributed by atoms with E-state index in [0.29, 0.717) is 23.3 Å². The number of nitrogens with one attached hydrogen (secondary N) is 1. The lowest BCUT2D eigenvalue weighted by atomic mass is 10.1. The van der Waals surface area contributed by atoms with Crippen molar-refractivity contribution in [2.75, 3.05) is 13.1 Å². The Hall–Kier alpha value is -4.07. The van der Waals surface area contributed by atoms with Gasteiger partial charge in [0.2, 0.25) is 15.9 Å². The van der Waals surface area contributed by atoms with Gasteiger partial charge in [-0.1, -0.05) is 30.3 Å². The number of rotatable bonds is 8. The summed E-state index contributed by atoms with van der Waals surface area (Å²) in [6.07, 6.45) is 1.12. The Bertz CT molecular complexity index is 1740. The lowest BCUT2D eigenvalue weighted by molar-refractivity contribution is -0.138. The number of carbonyl (C=O) groups excluding carboxylic acids is 3. The van der Waals surface area contributed by atoms with E-state index in [2.05, 4.69) is 10.3 Å². The zero-order chi connectivity index (χ0) is 29.4. The fraction of sp³-hybridized carbons (Fsp3) is 0.310. The van der Waals surface area contributed by atoms with E-state index in [0.717, 1.165) is 10.3 Å². The highest BCUT2D eigenvalue weighted by Crippen LogP contribution is 2.34. The van der Waals surface area contributed by atoms with Crippen LogP contribution in [0.4, 0.5) is 4.79 Å². The minimum Gasteiger partial charge on any atom is -0.425 e. The van der Waals surface area contributed by atoms with E-state index in [1.54, 1.807) is 31.2 Å². The fourth-order valence-corrected chi connectivity index (χ4v) is 8.09. The third-order valence-corrected chi connectivity index (χ3v) is 10.3. The summed E-state index contributed by atoms with van der Waals surface area (Å²) in [7, 11) is -3.87. The molecule has 6 rings (SSSR count). The highest BCUT2D eigenvalue weighted by molar-refractivity contribution is 7.88. The van der Waals surface area contributed by atoms with Gasteiger partial charge in [0.15, 0.2) is 5.78 Å². The number of sulfonamides is 1. The van der Waals surface area contributed by atoms with Crippen molar-refractivity contribution >= 4 is 50.1 Å². The van der Waals surface area contributed by atoms with Gasteiger partial charge < -0.3 is 19.4 Å². The largest absolute Gasteiger partial charge is 0.425 e. The van der Waals surface area contributed by atoms with Gasteiger partial charge in [-0.15, -0.1) is 11.3 Å². The molecule has 4 aromatic rings. The molecular formula is C29H28N4O7S2. The summed E-state index contributed by atoms with van der Waals surface area (Å²) < 4.78 is 38.9. The summed E-state index contributed by atoms with van der Waals surface area (Å²) in [6, 6.07) is 13.3. The predicted molar refractivity (Wildman–Crippen MR) is 154 cm³/mol. The molecule has 2 amide bonds. The maximum atomic E-state index is 13.9. The summed E-state index contributed by atoms with van der Waals surface area (Å²) in [6.45, 7) is 1.63. The highest BCUT2D eigenvalue weighted by atomic mass is 32.2. The standard InChI is InChI=1S/C29H28N4O7S2/c1-18-21-9-2-3-10-25(21)39-28(18)40-29(36)31-22(15-20-8-6-14-41-20)27(35)32-13-11-23-26(32)24(34)16-33(23)42(37,38)17-19-7-4-5-12-30-19/h2-10,12,14,22-23,26H,11,13,15-17H2,1H3,(H,31,36). The second-order valence-electron chi connectivity index (χ2n) is 10.3. The average Bonchev–Trinajstić information content (AvgIpc) is 3.75. The molecule has 218 valence electrons. The molecule has 3 atom stereocenters. The molecule has 2 aliphatic heterocycles. The monoisotopic (exact) mass is 608 g/mol. The number of hydrogen-bond acceptors (Lipinski definition) is 9. The summed E-state index contributed by atoms with van der Waals surface area (Å²) in [5.74, 6) is -1.15. The molecule has 2 fully saturated rings. The summed E-state index contributed by atoms with van der Waals surface area (Å²) >= 11 is 1.43. The Morgan fingerprint density at radius 1 is 1.17 bits per heavy atom. The summed E-state index contributed by atoms with van der Waals surface area (Å²) in [5.41, 5.74) is 1.58. The fourth-order valence-electron chi connectivity index (χ4n) is 5.67. The third-order valence-electron chi connectivity index (χ3n) is 7.64. The molecule has 1 aromatic carbocycles. The Morgan fingerprint density at radius 3 is 2.71 bits per heavy atom. The van der Waals surface area contributed by atoms with Crippen LogP contribution in [-0.4, -0.2) is 71.6 Å². The number of likely N-dealkylation sites (tertiary alicyclic amines) is 1. The van der Waals surface area contributed by atoms with Gasteiger partial charge in [-0.3, -0.25) is 14.6 Å². The van der Waals surface area contributed by atoms with E-state index in [9.17, 15) is 22.8 Å². The summed E-state index contributed by atoms with van der Waals surface area (Å²) in [4.78, 5) is 46.5. The van der Waals surface area contributed by atoms with Crippen LogP contribution in [0.5, 0.6) is 5.95 Å². The van der Waals surface area contributed by atoms with Gasteiger partial charge in [0.25, 0.3) is 5.95 Å². The zero-order valence-corrected chi connectivity index (χ0v) is 24.3. The maximum Gasteiger partial charge on any atom is 0.415 e. The minimum atomic E-state index is -3.87. The Labute approximate surface area is 246 Å². The Balaban J connectivity index is 1.20. The molecule has 0 radical (unpaired) electrons. The zero-order valence-electron chi connectivity index (χ0n) is 22.6. The third kappa shape index (κ3) is 5.42. The number of fused-ring (bicyclic) bond motifs is 2. The maximum absolute atomic E-state index is 13.9. The second kappa shape index (κ2) is 11.3. The van der Waals surface area contributed by atoms with E-state index in [1.807, 2.05) is 35.7 Å². The second-order valence-corrected chi connectivity index (χ2v) is 13.3. The molecule has 0 aliphatic carbocycles. The molecular weight excluding hydrogens is 580 g/mol. The van der Waals surface area contributed by atoms with Crippen LogP contribution in [0.1, 0.15) is 22.6 Å². The van der Waals surface area contributed by atoms with Crippen LogP contribution < -0.4 is 10.1 Å². The van der Waals surface area contributed by atoms with Crippen molar-refractivity contribution in [3.63, 3.8) is 0 Å². The van der Waals surface area contributed by atoms with Crippen molar-refractivity contribution in [2.45, 2.75) is 43.6 Å². The molecule has 1 N–H and O–H groups in total. The van der Waals surface area contributed by atoms with Gasteiger partial charge in [-0.2, -0.15) is 4.31 Å². The number of ketones is 1. The van der Waals surface area contributed by atoms with E-state index in [-0.39, 0.29) is 37.0 Å². The van der Waals surface area contributed by atoms with Crippen molar-refractivity contribution in [2.24, 2.45) is 0 Å².